The van der Waals surface area contributed by atoms with Crippen molar-refractivity contribution in [1.82, 2.24) is 9.88 Å². The first-order valence-electron chi connectivity index (χ1n) is 10.9. The number of hydrogen-bond acceptors (Lipinski definition) is 3. The largest absolute Gasteiger partial charge is 0.462 e. The van der Waals surface area contributed by atoms with Crippen LogP contribution in [0, 0.1) is 13.8 Å². The molecule has 1 amide bonds. The van der Waals surface area contributed by atoms with Crippen LogP contribution in [0.15, 0.2) is 42.0 Å². The minimum Gasteiger partial charge on any atom is -0.462 e. The van der Waals surface area contributed by atoms with E-state index in [2.05, 4.69) is 11.4 Å². The molecular weight excluding hydrogens is 376 g/mol. The van der Waals surface area contributed by atoms with Crippen molar-refractivity contribution in [3.05, 3.63) is 58.8 Å². The van der Waals surface area contributed by atoms with Crippen molar-refractivity contribution in [1.29, 1.82) is 0 Å². The summed E-state index contributed by atoms with van der Waals surface area (Å²) in [6.07, 6.45) is 8.05. The Bertz CT molecular complexity index is 923. The van der Waals surface area contributed by atoms with Gasteiger partial charge in [0.2, 0.25) is 5.91 Å². The summed E-state index contributed by atoms with van der Waals surface area (Å²) in [6, 6.07) is 9.93. The Kier molecular flexibility index (Phi) is 7.50. The fourth-order valence-corrected chi connectivity index (χ4v) is 3.92. The van der Waals surface area contributed by atoms with Crippen LogP contribution in [0.1, 0.15) is 60.6 Å². The van der Waals surface area contributed by atoms with Gasteiger partial charge in [-0.3, -0.25) is 4.79 Å². The van der Waals surface area contributed by atoms with Crippen molar-refractivity contribution < 1.29 is 14.3 Å². The van der Waals surface area contributed by atoms with Crippen molar-refractivity contribution in [3.8, 4) is 11.3 Å². The van der Waals surface area contributed by atoms with Crippen molar-refractivity contribution in [2.75, 3.05) is 13.2 Å². The molecule has 3 rings (SSSR count). The van der Waals surface area contributed by atoms with E-state index in [-0.39, 0.29) is 18.4 Å². The van der Waals surface area contributed by atoms with Gasteiger partial charge in [-0.05, 0) is 64.5 Å². The van der Waals surface area contributed by atoms with E-state index in [9.17, 15) is 9.59 Å². The van der Waals surface area contributed by atoms with Crippen molar-refractivity contribution >= 4 is 11.9 Å². The molecule has 0 spiro atoms. The lowest BCUT2D eigenvalue weighted by molar-refractivity contribution is -0.121. The molecule has 5 nitrogen and oxygen atoms in total. The first kappa shape index (κ1) is 21.9. The molecule has 0 bridgehead atoms. The van der Waals surface area contributed by atoms with Crippen LogP contribution < -0.4 is 5.32 Å². The number of allylic oxidation sites excluding steroid dienone is 1. The topological polar surface area (TPSA) is 60.3 Å². The normalized spacial score (nSPS) is 13.6. The lowest BCUT2D eigenvalue weighted by Gasteiger charge is -2.15. The van der Waals surface area contributed by atoms with Gasteiger partial charge in [0, 0.05) is 17.9 Å². The van der Waals surface area contributed by atoms with Gasteiger partial charge in [-0.15, -0.1) is 0 Å². The van der Waals surface area contributed by atoms with Gasteiger partial charge in [-0.25, -0.2) is 4.79 Å². The number of benzene rings is 1. The average molecular weight is 409 g/mol. The van der Waals surface area contributed by atoms with E-state index in [1.54, 1.807) is 6.92 Å². The van der Waals surface area contributed by atoms with Crippen LogP contribution >= 0.6 is 0 Å². The molecule has 1 aliphatic rings. The second kappa shape index (κ2) is 10.3. The third-order valence-electron chi connectivity index (χ3n) is 5.66. The number of carbonyl (C=O) groups excluding carboxylic acids is 2. The minimum atomic E-state index is -0.355. The third-order valence-corrected chi connectivity index (χ3v) is 5.66. The van der Waals surface area contributed by atoms with E-state index in [4.69, 9.17) is 4.74 Å². The van der Waals surface area contributed by atoms with E-state index in [0.717, 1.165) is 41.8 Å². The minimum absolute atomic E-state index is 0.0473. The second-order valence-electron chi connectivity index (χ2n) is 7.91. The molecule has 0 saturated heterocycles. The Hall–Kier alpha value is -2.82. The molecule has 0 atom stereocenters. The summed E-state index contributed by atoms with van der Waals surface area (Å²) in [5.41, 5.74) is 5.68. The Morgan fingerprint density at radius 3 is 2.57 bits per heavy atom. The lowest BCUT2D eigenvalue weighted by Crippen LogP contribution is -2.29. The number of rotatable bonds is 8. The molecular formula is C25H32N2O3. The lowest BCUT2D eigenvalue weighted by atomic mass is 9.97. The van der Waals surface area contributed by atoms with Gasteiger partial charge in [0.15, 0.2) is 0 Å². The number of ether oxygens (including phenoxy) is 1. The molecule has 1 heterocycles. The molecule has 0 fully saturated rings. The molecule has 1 aliphatic carbocycles. The Morgan fingerprint density at radius 2 is 1.90 bits per heavy atom. The number of hydrogen-bond donors (Lipinski definition) is 1. The maximum Gasteiger partial charge on any atom is 0.339 e. The summed E-state index contributed by atoms with van der Waals surface area (Å²) < 4.78 is 7.12. The number of nitrogens with one attached hydrogen (secondary N) is 1. The smallest absolute Gasteiger partial charge is 0.339 e. The zero-order chi connectivity index (χ0) is 21.5. The monoisotopic (exact) mass is 408 g/mol. The Balaban J connectivity index is 1.77. The first-order valence-corrected chi connectivity index (χ1v) is 10.9. The highest BCUT2D eigenvalue weighted by Crippen LogP contribution is 2.27. The van der Waals surface area contributed by atoms with Gasteiger partial charge in [-0.1, -0.05) is 41.5 Å². The molecule has 1 N–H and O–H groups in total. The summed E-state index contributed by atoms with van der Waals surface area (Å²) in [5.74, 6) is -0.402. The number of amides is 1. The summed E-state index contributed by atoms with van der Waals surface area (Å²) in [7, 11) is 0. The highest BCUT2D eigenvalue weighted by Gasteiger charge is 2.21. The second-order valence-corrected chi connectivity index (χ2v) is 7.91. The van der Waals surface area contributed by atoms with Crippen LogP contribution in [0.3, 0.4) is 0 Å². The van der Waals surface area contributed by atoms with Crippen LogP contribution in [0.4, 0.5) is 0 Å². The van der Waals surface area contributed by atoms with Crippen molar-refractivity contribution in [3.63, 3.8) is 0 Å². The molecule has 5 heteroatoms. The van der Waals surface area contributed by atoms with Crippen LogP contribution in [-0.4, -0.2) is 29.6 Å². The highest BCUT2D eigenvalue weighted by molar-refractivity contribution is 5.93. The molecule has 1 aromatic carbocycles. The predicted molar refractivity (Wildman–Crippen MR) is 119 cm³/mol. The van der Waals surface area contributed by atoms with E-state index >= 15 is 0 Å². The standard InChI is InChI=1S/C25H32N2O3/c1-4-30-25(29)22-16-23(21-12-10-18(2)11-13-21)27(19(22)3)17-24(28)26-15-14-20-8-6-5-7-9-20/h8,10-13,16H,4-7,9,14-15,17H2,1-3H3,(H,26,28). The number of aromatic nitrogens is 1. The van der Waals surface area contributed by atoms with Gasteiger partial charge in [0.25, 0.3) is 0 Å². The van der Waals surface area contributed by atoms with Gasteiger partial charge in [0.1, 0.15) is 6.54 Å². The van der Waals surface area contributed by atoms with Crippen LogP contribution in [0.2, 0.25) is 0 Å². The molecule has 0 radical (unpaired) electrons. The molecule has 30 heavy (non-hydrogen) atoms. The fourth-order valence-electron chi connectivity index (χ4n) is 3.92. The van der Waals surface area contributed by atoms with Gasteiger partial charge < -0.3 is 14.6 Å². The van der Waals surface area contributed by atoms with Crippen LogP contribution in [0.5, 0.6) is 0 Å². The van der Waals surface area contributed by atoms with E-state index in [1.165, 1.54) is 18.4 Å². The Labute approximate surface area is 179 Å². The fraction of sp³-hybridized carbons (Fsp3) is 0.440. The summed E-state index contributed by atoms with van der Waals surface area (Å²) >= 11 is 0. The SMILES string of the molecule is CCOC(=O)c1cc(-c2ccc(C)cc2)n(CC(=O)NCCC2=CCCCC2)c1C. The van der Waals surface area contributed by atoms with Crippen molar-refractivity contribution in [2.24, 2.45) is 0 Å². The quantitative estimate of drug-likeness (QED) is 0.496. The maximum absolute atomic E-state index is 12.7. The first-order chi connectivity index (χ1) is 14.5. The summed E-state index contributed by atoms with van der Waals surface area (Å²) in [5, 5.41) is 3.04. The summed E-state index contributed by atoms with van der Waals surface area (Å²) in [4.78, 5) is 25.1. The van der Waals surface area contributed by atoms with E-state index < -0.39 is 0 Å². The van der Waals surface area contributed by atoms with Crippen LogP contribution in [0.25, 0.3) is 11.3 Å². The van der Waals surface area contributed by atoms with E-state index in [0.29, 0.717) is 18.7 Å². The Morgan fingerprint density at radius 1 is 1.13 bits per heavy atom. The number of aryl methyl sites for hydroxylation is 1. The number of carbonyl (C=O) groups is 2. The zero-order valence-corrected chi connectivity index (χ0v) is 18.3. The van der Waals surface area contributed by atoms with E-state index in [1.807, 2.05) is 48.7 Å². The zero-order valence-electron chi connectivity index (χ0n) is 18.3. The predicted octanol–water partition coefficient (Wildman–Crippen LogP) is 4.96. The van der Waals surface area contributed by atoms with Crippen LogP contribution in [-0.2, 0) is 16.1 Å². The number of nitrogens with zero attached hydrogens (tertiary/aromatic N) is 1. The molecule has 160 valence electrons. The summed E-state index contributed by atoms with van der Waals surface area (Å²) in [6.45, 7) is 6.83. The van der Waals surface area contributed by atoms with Crippen molar-refractivity contribution in [2.45, 2.75) is 59.4 Å². The van der Waals surface area contributed by atoms with Gasteiger partial charge in [-0.2, -0.15) is 0 Å². The molecule has 0 saturated carbocycles. The average Bonchev–Trinajstić information content (AvgIpc) is 3.06. The molecule has 2 aromatic rings. The maximum atomic E-state index is 12.7. The highest BCUT2D eigenvalue weighted by atomic mass is 16.5. The third kappa shape index (κ3) is 5.41. The molecule has 0 unspecified atom stereocenters. The van der Waals surface area contributed by atoms with Gasteiger partial charge >= 0.3 is 5.97 Å². The van der Waals surface area contributed by atoms with Gasteiger partial charge in [0.05, 0.1) is 12.2 Å². The number of esters is 1. The molecule has 0 aliphatic heterocycles. The molecule has 1 aromatic heterocycles.